The van der Waals surface area contributed by atoms with Gasteiger partial charge in [0.25, 0.3) is 0 Å². The van der Waals surface area contributed by atoms with Crippen molar-refractivity contribution in [3.63, 3.8) is 0 Å². The molecule has 1 aliphatic rings. The Bertz CT molecular complexity index is 1270. The van der Waals surface area contributed by atoms with E-state index >= 15 is 0 Å². The van der Waals surface area contributed by atoms with Crippen LogP contribution < -0.4 is 4.74 Å². The van der Waals surface area contributed by atoms with Crippen LogP contribution in [-0.4, -0.2) is 60.0 Å². The van der Waals surface area contributed by atoms with E-state index in [0.29, 0.717) is 37.6 Å². The van der Waals surface area contributed by atoms with Gasteiger partial charge < -0.3 is 18.9 Å². The third-order valence-electron chi connectivity index (χ3n) is 5.43. The van der Waals surface area contributed by atoms with Gasteiger partial charge in [-0.1, -0.05) is 6.07 Å². The summed E-state index contributed by atoms with van der Waals surface area (Å²) in [6, 6.07) is 12.5. The summed E-state index contributed by atoms with van der Waals surface area (Å²) >= 11 is 0. The summed E-state index contributed by atoms with van der Waals surface area (Å²) in [7, 11) is -3.27. The molecule has 1 amide bonds. The maximum Gasteiger partial charge on any atom is 0.410 e. The van der Waals surface area contributed by atoms with E-state index in [1.807, 2.05) is 55.8 Å². The molecule has 176 valence electrons. The topological polar surface area (TPSA) is 90.7 Å². The molecule has 1 aliphatic heterocycles. The van der Waals surface area contributed by atoms with Crippen molar-refractivity contribution < 1.29 is 22.7 Å². The van der Waals surface area contributed by atoms with Crippen molar-refractivity contribution in [1.29, 1.82) is 0 Å². The van der Waals surface area contributed by atoms with Gasteiger partial charge in [-0.25, -0.2) is 13.2 Å². The van der Waals surface area contributed by atoms with Crippen LogP contribution in [0, 0.1) is 0 Å². The maximum absolute atomic E-state index is 12.3. The number of nitrogens with zero attached hydrogens (tertiary/aromatic N) is 3. The van der Waals surface area contributed by atoms with Crippen LogP contribution in [0.2, 0.25) is 0 Å². The predicted octanol–water partition coefficient (Wildman–Crippen LogP) is 4.21. The van der Waals surface area contributed by atoms with Gasteiger partial charge in [-0.15, -0.1) is 0 Å². The van der Waals surface area contributed by atoms with E-state index in [9.17, 15) is 13.2 Å². The second-order valence-corrected chi connectivity index (χ2v) is 11.3. The van der Waals surface area contributed by atoms with Gasteiger partial charge in [0.1, 0.15) is 17.5 Å². The van der Waals surface area contributed by atoms with Crippen molar-refractivity contribution in [2.45, 2.75) is 50.2 Å². The summed E-state index contributed by atoms with van der Waals surface area (Å²) in [5.41, 5.74) is 0.349. The second kappa shape index (κ2) is 8.70. The molecule has 0 radical (unpaired) electrons. The van der Waals surface area contributed by atoms with Crippen molar-refractivity contribution in [3.05, 3.63) is 48.7 Å². The standard InChI is InChI=1S/C24H29N3O5S/c1-24(2,3)32-23(28)26-13-11-18(12-14-26)31-22-7-5-6-21(25-22)27-15-10-17-16-19(33(4,29)30)8-9-20(17)27/h5-10,15-16,18H,11-14H2,1-4H3. The molecule has 0 saturated carbocycles. The molecule has 1 fully saturated rings. The lowest BCUT2D eigenvalue weighted by Crippen LogP contribution is -2.44. The SMILES string of the molecule is CC(C)(C)OC(=O)N1CCC(Oc2cccc(-n3ccc4cc(S(C)(=O)=O)ccc43)n2)CC1. The monoisotopic (exact) mass is 471 g/mol. The van der Waals surface area contributed by atoms with Crippen molar-refractivity contribution in [3.8, 4) is 11.7 Å². The fraction of sp³-hybridized carbons (Fsp3) is 0.417. The van der Waals surface area contributed by atoms with Crippen LogP contribution in [0.15, 0.2) is 53.6 Å². The summed E-state index contributed by atoms with van der Waals surface area (Å²) in [6.45, 7) is 6.72. The molecule has 0 atom stereocenters. The van der Waals surface area contributed by atoms with Crippen molar-refractivity contribution in [1.82, 2.24) is 14.5 Å². The Morgan fingerprint density at radius 1 is 1.09 bits per heavy atom. The number of piperidine rings is 1. The van der Waals surface area contributed by atoms with Crippen molar-refractivity contribution in [2.24, 2.45) is 0 Å². The number of carbonyl (C=O) groups is 1. The minimum atomic E-state index is -3.27. The lowest BCUT2D eigenvalue weighted by molar-refractivity contribution is 0.0123. The van der Waals surface area contributed by atoms with Crippen LogP contribution >= 0.6 is 0 Å². The molecule has 9 heteroatoms. The number of fused-ring (bicyclic) bond motifs is 1. The highest BCUT2D eigenvalue weighted by molar-refractivity contribution is 7.90. The van der Waals surface area contributed by atoms with Gasteiger partial charge >= 0.3 is 6.09 Å². The molecule has 4 rings (SSSR count). The van der Waals surface area contributed by atoms with E-state index in [1.54, 1.807) is 23.1 Å². The van der Waals surface area contributed by atoms with E-state index in [1.165, 1.54) is 6.26 Å². The van der Waals surface area contributed by atoms with Crippen LogP contribution in [0.1, 0.15) is 33.6 Å². The molecule has 3 heterocycles. The van der Waals surface area contributed by atoms with Gasteiger partial charge in [0.2, 0.25) is 5.88 Å². The van der Waals surface area contributed by atoms with Gasteiger partial charge in [0.05, 0.1) is 10.4 Å². The Kier molecular flexibility index (Phi) is 6.09. The molecule has 0 N–H and O–H groups in total. The molecular formula is C24H29N3O5S. The summed E-state index contributed by atoms with van der Waals surface area (Å²) in [4.78, 5) is 18.9. The lowest BCUT2D eigenvalue weighted by atomic mass is 10.1. The number of aromatic nitrogens is 2. The highest BCUT2D eigenvalue weighted by Crippen LogP contribution is 2.25. The van der Waals surface area contributed by atoms with E-state index in [0.717, 1.165) is 10.9 Å². The minimum absolute atomic E-state index is 0.0369. The highest BCUT2D eigenvalue weighted by Gasteiger charge is 2.27. The number of hydrogen-bond donors (Lipinski definition) is 0. The molecular weight excluding hydrogens is 442 g/mol. The highest BCUT2D eigenvalue weighted by atomic mass is 32.2. The van der Waals surface area contributed by atoms with E-state index in [4.69, 9.17) is 9.47 Å². The third-order valence-corrected chi connectivity index (χ3v) is 6.54. The second-order valence-electron chi connectivity index (χ2n) is 9.30. The molecule has 1 saturated heterocycles. The number of sulfone groups is 1. The maximum atomic E-state index is 12.3. The quantitative estimate of drug-likeness (QED) is 0.566. The Morgan fingerprint density at radius 2 is 1.82 bits per heavy atom. The van der Waals surface area contributed by atoms with E-state index < -0.39 is 15.4 Å². The average molecular weight is 472 g/mol. The van der Waals surface area contributed by atoms with Gasteiger partial charge in [-0.2, -0.15) is 4.98 Å². The summed E-state index contributed by atoms with van der Waals surface area (Å²) in [6.07, 6.45) is 4.13. The molecule has 0 aliphatic carbocycles. The molecule has 33 heavy (non-hydrogen) atoms. The number of rotatable bonds is 4. The largest absolute Gasteiger partial charge is 0.474 e. The van der Waals surface area contributed by atoms with Crippen LogP contribution in [0.3, 0.4) is 0 Å². The fourth-order valence-electron chi connectivity index (χ4n) is 3.81. The van der Waals surface area contributed by atoms with Crippen LogP contribution in [0.4, 0.5) is 4.79 Å². The fourth-order valence-corrected chi connectivity index (χ4v) is 4.46. The Morgan fingerprint density at radius 3 is 2.48 bits per heavy atom. The molecule has 3 aromatic rings. The van der Waals surface area contributed by atoms with Crippen molar-refractivity contribution >= 4 is 26.8 Å². The zero-order valence-electron chi connectivity index (χ0n) is 19.3. The van der Waals surface area contributed by atoms with Gasteiger partial charge in [0.15, 0.2) is 9.84 Å². The molecule has 0 unspecified atom stereocenters. The number of ether oxygens (including phenoxy) is 2. The van der Waals surface area contributed by atoms with Gasteiger partial charge in [-0.05, 0) is 51.1 Å². The average Bonchev–Trinajstić information content (AvgIpc) is 3.16. The summed E-state index contributed by atoms with van der Waals surface area (Å²) < 4.78 is 37.1. The summed E-state index contributed by atoms with van der Waals surface area (Å²) in [5, 5.41) is 0.820. The Hall–Kier alpha value is -3.07. The molecule has 2 aromatic heterocycles. The van der Waals surface area contributed by atoms with Crippen LogP contribution in [0.25, 0.3) is 16.7 Å². The van der Waals surface area contributed by atoms with E-state index in [-0.39, 0.29) is 17.1 Å². The first kappa shape index (κ1) is 23.1. The first-order valence-corrected chi connectivity index (χ1v) is 12.8. The van der Waals surface area contributed by atoms with Crippen LogP contribution in [0.5, 0.6) is 5.88 Å². The zero-order valence-corrected chi connectivity index (χ0v) is 20.1. The Labute approximate surface area is 194 Å². The Balaban J connectivity index is 1.45. The number of pyridine rings is 1. The number of likely N-dealkylation sites (tertiary alicyclic amines) is 1. The first-order valence-electron chi connectivity index (χ1n) is 10.9. The summed E-state index contributed by atoms with van der Waals surface area (Å²) in [5.74, 6) is 1.19. The van der Waals surface area contributed by atoms with Crippen molar-refractivity contribution in [2.75, 3.05) is 19.3 Å². The smallest absolute Gasteiger partial charge is 0.410 e. The predicted molar refractivity (Wildman–Crippen MR) is 126 cm³/mol. The molecule has 0 bridgehead atoms. The number of benzene rings is 1. The number of hydrogen-bond acceptors (Lipinski definition) is 6. The van der Waals surface area contributed by atoms with Gasteiger partial charge in [0, 0.05) is 49.8 Å². The normalized spacial score (nSPS) is 15.6. The third kappa shape index (κ3) is 5.47. The number of amides is 1. The van der Waals surface area contributed by atoms with Gasteiger partial charge in [-0.3, -0.25) is 0 Å². The minimum Gasteiger partial charge on any atom is -0.474 e. The van der Waals surface area contributed by atoms with Crippen LogP contribution in [-0.2, 0) is 14.6 Å². The zero-order chi connectivity index (χ0) is 23.8. The molecule has 0 spiro atoms. The lowest BCUT2D eigenvalue weighted by Gasteiger charge is -2.33. The molecule has 1 aromatic carbocycles. The number of carbonyl (C=O) groups excluding carboxylic acids is 1. The van der Waals surface area contributed by atoms with E-state index in [2.05, 4.69) is 4.98 Å². The molecule has 8 nitrogen and oxygen atoms in total. The first-order chi connectivity index (χ1) is 15.5.